The summed E-state index contributed by atoms with van der Waals surface area (Å²) in [7, 11) is 1.60. The minimum atomic E-state index is -0.173. The van der Waals surface area contributed by atoms with Crippen LogP contribution >= 0.6 is 0 Å². The molecule has 0 spiro atoms. The van der Waals surface area contributed by atoms with Crippen molar-refractivity contribution in [2.24, 2.45) is 0 Å². The molecule has 5 heteroatoms. The maximum atomic E-state index is 11.9. The zero-order valence-corrected chi connectivity index (χ0v) is 16.2. The molecule has 0 aromatic heterocycles. The first kappa shape index (κ1) is 20.4. The quantitative estimate of drug-likeness (QED) is 0.508. The maximum absolute atomic E-state index is 11.9. The molecule has 1 amide bonds. The Morgan fingerprint density at radius 3 is 2.56 bits per heavy atom. The highest BCUT2D eigenvalue weighted by molar-refractivity contribution is 5.91. The Bertz CT molecular complexity index is 771. The van der Waals surface area contributed by atoms with Crippen LogP contribution in [0.1, 0.15) is 24.5 Å². The molecule has 0 aliphatic rings. The normalized spacial score (nSPS) is 10.6. The van der Waals surface area contributed by atoms with Gasteiger partial charge in [-0.3, -0.25) is 4.79 Å². The lowest BCUT2D eigenvalue weighted by Crippen LogP contribution is -2.26. The molecule has 2 aromatic rings. The third kappa shape index (κ3) is 6.70. The van der Waals surface area contributed by atoms with Crippen LogP contribution in [0.4, 0.5) is 0 Å². The van der Waals surface area contributed by atoms with Crippen molar-refractivity contribution >= 4 is 12.0 Å². The second-order valence-electron chi connectivity index (χ2n) is 6.00. The zero-order valence-electron chi connectivity index (χ0n) is 16.2. The molecule has 0 atom stereocenters. The highest BCUT2D eigenvalue weighted by Crippen LogP contribution is 2.28. The largest absolute Gasteiger partial charge is 0.493 e. The van der Waals surface area contributed by atoms with E-state index in [9.17, 15) is 4.79 Å². The number of nitrogens with one attached hydrogen (secondary N) is 1. The van der Waals surface area contributed by atoms with Crippen LogP contribution in [-0.2, 0) is 4.79 Å². The van der Waals surface area contributed by atoms with Crippen LogP contribution in [0.2, 0.25) is 0 Å². The average molecular weight is 369 g/mol. The first-order valence-corrected chi connectivity index (χ1v) is 9.09. The van der Waals surface area contributed by atoms with Crippen molar-refractivity contribution in [1.82, 2.24) is 5.32 Å². The second-order valence-corrected chi connectivity index (χ2v) is 6.00. The fourth-order valence-corrected chi connectivity index (χ4v) is 2.40. The van der Waals surface area contributed by atoms with E-state index in [0.717, 1.165) is 23.3 Å². The van der Waals surface area contributed by atoms with Gasteiger partial charge in [0.2, 0.25) is 5.91 Å². The first-order valence-electron chi connectivity index (χ1n) is 9.09. The number of carbonyl (C=O) groups is 1. The summed E-state index contributed by atoms with van der Waals surface area (Å²) in [6, 6.07) is 13.4. The predicted molar refractivity (Wildman–Crippen MR) is 107 cm³/mol. The summed E-state index contributed by atoms with van der Waals surface area (Å²) in [6.07, 6.45) is 4.16. The summed E-state index contributed by atoms with van der Waals surface area (Å²) in [5, 5.41) is 2.80. The van der Waals surface area contributed by atoms with E-state index < -0.39 is 0 Å². The number of hydrogen-bond acceptors (Lipinski definition) is 4. The number of carbonyl (C=O) groups excluding carboxylic acids is 1. The van der Waals surface area contributed by atoms with Crippen molar-refractivity contribution in [3.63, 3.8) is 0 Å². The molecular formula is C22H27NO4. The van der Waals surface area contributed by atoms with Gasteiger partial charge in [0.05, 0.1) is 20.3 Å². The van der Waals surface area contributed by atoms with Crippen molar-refractivity contribution in [3.8, 4) is 17.2 Å². The molecule has 0 saturated carbocycles. The molecule has 5 nitrogen and oxygen atoms in total. The van der Waals surface area contributed by atoms with Gasteiger partial charge in [0.25, 0.3) is 0 Å². The Hall–Kier alpha value is -2.95. The predicted octanol–water partition coefficient (Wildman–Crippen LogP) is 4.00. The van der Waals surface area contributed by atoms with E-state index in [1.165, 1.54) is 6.08 Å². The summed E-state index contributed by atoms with van der Waals surface area (Å²) in [5.74, 6) is 2.01. The maximum Gasteiger partial charge on any atom is 0.244 e. The Balaban J connectivity index is 1.81. The lowest BCUT2D eigenvalue weighted by molar-refractivity contribution is -0.116. The molecule has 0 bridgehead atoms. The molecule has 2 rings (SSSR count). The number of methoxy groups -OCH3 is 1. The fourth-order valence-electron chi connectivity index (χ4n) is 2.40. The average Bonchev–Trinajstić information content (AvgIpc) is 2.69. The van der Waals surface area contributed by atoms with Crippen LogP contribution in [-0.4, -0.2) is 32.8 Å². The molecular weight excluding hydrogens is 342 g/mol. The number of rotatable bonds is 10. The molecule has 0 aliphatic heterocycles. The van der Waals surface area contributed by atoms with E-state index in [2.05, 4.69) is 5.32 Å². The number of hydrogen-bond donors (Lipinski definition) is 1. The molecule has 0 radical (unpaired) electrons. The summed E-state index contributed by atoms with van der Waals surface area (Å²) in [5.41, 5.74) is 1.94. The number of ether oxygens (including phenoxy) is 3. The van der Waals surface area contributed by atoms with E-state index in [1.54, 1.807) is 13.2 Å². The van der Waals surface area contributed by atoms with Crippen molar-refractivity contribution in [3.05, 3.63) is 59.7 Å². The van der Waals surface area contributed by atoms with Gasteiger partial charge in [-0.1, -0.05) is 31.2 Å². The summed E-state index contributed by atoms with van der Waals surface area (Å²) >= 11 is 0. The SMILES string of the molecule is CCCOc1ccc(/C=C/C(=O)NCCOc2ccccc2C)cc1OC. The smallest absolute Gasteiger partial charge is 0.244 e. The fraction of sp³-hybridized carbons (Fsp3) is 0.318. The van der Waals surface area contributed by atoms with Crippen molar-refractivity contribution in [1.29, 1.82) is 0 Å². The summed E-state index contributed by atoms with van der Waals surface area (Å²) in [4.78, 5) is 11.9. The third-order valence-corrected chi connectivity index (χ3v) is 3.83. The lowest BCUT2D eigenvalue weighted by Gasteiger charge is -2.10. The van der Waals surface area contributed by atoms with Gasteiger partial charge in [0, 0.05) is 6.08 Å². The Morgan fingerprint density at radius 2 is 1.81 bits per heavy atom. The van der Waals surface area contributed by atoms with Gasteiger partial charge in [-0.15, -0.1) is 0 Å². The lowest BCUT2D eigenvalue weighted by atomic mass is 10.2. The standard InChI is InChI=1S/C22H27NO4/c1-4-14-26-20-11-9-18(16-21(20)25-3)10-12-22(24)23-13-15-27-19-8-6-5-7-17(19)2/h5-12,16H,4,13-15H2,1-3H3,(H,23,24)/b12-10+. The van der Waals surface area contributed by atoms with Crippen LogP contribution in [0, 0.1) is 6.92 Å². The molecule has 0 aliphatic carbocycles. The molecule has 0 saturated heterocycles. The molecule has 0 unspecified atom stereocenters. The van der Waals surface area contributed by atoms with Gasteiger partial charge in [-0.05, 0) is 48.7 Å². The van der Waals surface area contributed by atoms with Crippen molar-refractivity contribution in [2.75, 3.05) is 26.9 Å². The Kier molecular flexibility index (Phi) is 8.23. The molecule has 144 valence electrons. The van der Waals surface area contributed by atoms with Gasteiger partial charge in [0.15, 0.2) is 11.5 Å². The van der Waals surface area contributed by atoms with Gasteiger partial charge in [-0.2, -0.15) is 0 Å². The molecule has 27 heavy (non-hydrogen) atoms. The van der Waals surface area contributed by atoms with Crippen LogP contribution in [0.15, 0.2) is 48.5 Å². The van der Waals surface area contributed by atoms with Gasteiger partial charge in [0.1, 0.15) is 12.4 Å². The number of aryl methyl sites for hydroxylation is 1. The number of amides is 1. The highest BCUT2D eigenvalue weighted by atomic mass is 16.5. The minimum absolute atomic E-state index is 0.173. The number of benzene rings is 2. The van der Waals surface area contributed by atoms with Gasteiger partial charge in [-0.25, -0.2) is 0 Å². The van der Waals surface area contributed by atoms with Crippen LogP contribution in [0.3, 0.4) is 0 Å². The van der Waals surface area contributed by atoms with E-state index in [-0.39, 0.29) is 5.91 Å². The molecule has 0 heterocycles. The molecule has 2 aromatic carbocycles. The van der Waals surface area contributed by atoms with E-state index in [0.29, 0.717) is 31.3 Å². The number of para-hydroxylation sites is 1. The molecule has 1 N–H and O–H groups in total. The molecule has 0 fully saturated rings. The van der Waals surface area contributed by atoms with Crippen LogP contribution < -0.4 is 19.5 Å². The highest BCUT2D eigenvalue weighted by Gasteiger charge is 2.05. The summed E-state index contributed by atoms with van der Waals surface area (Å²) < 4.78 is 16.6. The van der Waals surface area contributed by atoms with E-state index in [4.69, 9.17) is 14.2 Å². The Labute approximate surface area is 161 Å². The van der Waals surface area contributed by atoms with Crippen molar-refractivity contribution in [2.45, 2.75) is 20.3 Å². The van der Waals surface area contributed by atoms with Crippen molar-refractivity contribution < 1.29 is 19.0 Å². The topological polar surface area (TPSA) is 56.8 Å². The minimum Gasteiger partial charge on any atom is -0.493 e. The monoisotopic (exact) mass is 369 g/mol. The van der Waals surface area contributed by atoms with Gasteiger partial charge < -0.3 is 19.5 Å². The second kappa shape index (κ2) is 10.9. The van der Waals surface area contributed by atoms with Gasteiger partial charge >= 0.3 is 0 Å². The first-order chi connectivity index (χ1) is 13.1. The van der Waals surface area contributed by atoms with E-state index in [1.807, 2.05) is 56.3 Å². The third-order valence-electron chi connectivity index (χ3n) is 3.83. The van der Waals surface area contributed by atoms with Crippen LogP contribution in [0.25, 0.3) is 6.08 Å². The summed E-state index contributed by atoms with van der Waals surface area (Å²) in [6.45, 7) is 5.53. The van der Waals surface area contributed by atoms with E-state index >= 15 is 0 Å². The Morgan fingerprint density at radius 1 is 1.04 bits per heavy atom. The van der Waals surface area contributed by atoms with Crippen LogP contribution in [0.5, 0.6) is 17.2 Å². The zero-order chi connectivity index (χ0) is 19.5.